The molecule has 78 valence electrons. The molecule has 0 heterocycles. The first-order valence-corrected chi connectivity index (χ1v) is 6.28. The third-order valence-corrected chi connectivity index (χ3v) is 3.35. The Morgan fingerprint density at radius 1 is 1.46 bits per heavy atom. The van der Waals surface area contributed by atoms with Gasteiger partial charge in [0, 0.05) is 10.7 Å². The first kappa shape index (κ1) is 12.7. The maximum Gasteiger partial charge on any atom is 0.325 e. The molecule has 1 atom stereocenters. The molecule has 0 aromatic rings. The molecule has 0 fully saturated rings. The highest BCUT2D eigenvalue weighted by Crippen LogP contribution is 2.17. The first-order valence-electron chi connectivity index (χ1n) is 3.90. The molecule has 0 bridgehead atoms. The van der Waals surface area contributed by atoms with Gasteiger partial charge in [0.2, 0.25) is 9.05 Å². The third kappa shape index (κ3) is 3.95. The molecule has 0 aromatic carbocycles. The smallest absolute Gasteiger partial charge is 0.325 e. The maximum absolute atomic E-state index is 11.1. The van der Waals surface area contributed by atoms with Crippen molar-refractivity contribution in [3.63, 3.8) is 0 Å². The van der Waals surface area contributed by atoms with E-state index >= 15 is 0 Å². The Morgan fingerprint density at radius 3 is 2.15 bits per heavy atom. The molecular formula is C7H13ClO4S. The summed E-state index contributed by atoms with van der Waals surface area (Å²) in [7, 11) is 1.21. The van der Waals surface area contributed by atoms with Gasteiger partial charge in [-0.1, -0.05) is 13.8 Å². The van der Waals surface area contributed by atoms with Crippen LogP contribution in [0.15, 0.2) is 0 Å². The van der Waals surface area contributed by atoms with E-state index in [0.29, 0.717) is 0 Å². The van der Waals surface area contributed by atoms with Gasteiger partial charge in [-0.05, 0) is 12.8 Å². The second-order valence-corrected chi connectivity index (χ2v) is 5.64. The van der Waals surface area contributed by atoms with Gasteiger partial charge >= 0.3 is 5.97 Å². The minimum absolute atomic E-state index is 0.147. The predicted octanol–water partition coefficient (Wildman–Crippen LogP) is 1.14. The zero-order valence-electron chi connectivity index (χ0n) is 7.78. The van der Waals surface area contributed by atoms with Gasteiger partial charge in [0.25, 0.3) is 0 Å². The summed E-state index contributed by atoms with van der Waals surface area (Å²) < 4.78 is 26.5. The van der Waals surface area contributed by atoms with Crippen molar-refractivity contribution in [2.75, 3.05) is 6.61 Å². The molecule has 0 unspecified atom stereocenters. The molecule has 13 heavy (non-hydrogen) atoms. The van der Waals surface area contributed by atoms with E-state index in [9.17, 15) is 13.2 Å². The van der Waals surface area contributed by atoms with Crippen molar-refractivity contribution in [1.82, 2.24) is 0 Å². The van der Waals surface area contributed by atoms with Crippen LogP contribution in [0.1, 0.15) is 20.8 Å². The molecule has 0 N–H and O–H groups in total. The summed E-state index contributed by atoms with van der Waals surface area (Å²) in [5.74, 6) is -1.17. The van der Waals surface area contributed by atoms with E-state index in [1.54, 1.807) is 20.8 Å². The standard InChI is InChI=1S/C7H13ClO4S/c1-4-12-7(9)6(5(2)3)13(8,10)11/h5-6H,4H2,1-3H3/t6-/m1/s1. The number of esters is 1. The fraction of sp³-hybridized carbons (Fsp3) is 0.857. The van der Waals surface area contributed by atoms with E-state index in [2.05, 4.69) is 4.74 Å². The molecule has 6 heteroatoms. The molecule has 0 radical (unpaired) electrons. The highest BCUT2D eigenvalue weighted by molar-refractivity contribution is 8.14. The number of hydrogen-bond acceptors (Lipinski definition) is 4. The quantitative estimate of drug-likeness (QED) is 0.535. The SMILES string of the molecule is CCOC(=O)[C@@H](C(C)C)S(=O)(=O)Cl. The lowest BCUT2D eigenvalue weighted by Gasteiger charge is -2.15. The van der Waals surface area contributed by atoms with Crippen LogP contribution >= 0.6 is 10.7 Å². The summed E-state index contributed by atoms with van der Waals surface area (Å²) >= 11 is 0. The highest BCUT2D eigenvalue weighted by Gasteiger charge is 2.35. The fourth-order valence-electron chi connectivity index (χ4n) is 0.937. The second-order valence-electron chi connectivity index (χ2n) is 2.89. The third-order valence-electron chi connectivity index (χ3n) is 1.43. The summed E-state index contributed by atoms with van der Waals surface area (Å²) in [4.78, 5) is 11.1. The van der Waals surface area contributed by atoms with E-state index < -0.39 is 20.3 Å². The largest absolute Gasteiger partial charge is 0.465 e. The molecule has 0 aliphatic carbocycles. The Labute approximate surface area is 82.6 Å². The fourth-order valence-corrected chi connectivity index (χ4v) is 2.72. The summed E-state index contributed by atoms with van der Waals surface area (Å²) in [6.45, 7) is 4.95. The van der Waals surface area contributed by atoms with E-state index in [0.717, 1.165) is 0 Å². The van der Waals surface area contributed by atoms with Crippen LogP contribution in [0, 0.1) is 5.92 Å². The molecule has 0 rings (SSSR count). The van der Waals surface area contributed by atoms with Gasteiger partial charge in [-0.2, -0.15) is 0 Å². The monoisotopic (exact) mass is 228 g/mol. The van der Waals surface area contributed by atoms with Crippen molar-refractivity contribution in [2.45, 2.75) is 26.0 Å². The van der Waals surface area contributed by atoms with Crippen LogP contribution in [0.25, 0.3) is 0 Å². The van der Waals surface area contributed by atoms with Gasteiger partial charge in [0.1, 0.15) is 0 Å². The van der Waals surface area contributed by atoms with E-state index in [1.165, 1.54) is 0 Å². The van der Waals surface area contributed by atoms with Crippen LogP contribution in [0.5, 0.6) is 0 Å². The Kier molecular flexibility index (Phi) is 4.70. The number of rotatable bonds is 4. The van der Waals surface area contributed by atoms with E-state index in [1.807, 2.05) is 0 Å². The Morgan fingerprint density at radius 2 is 1.92 bits per heavy atom. The predicted molar refractivity (Wildman–Crippen MR) is 50.0 cm³/mol. The minimum atomic E-state index is -3.89. The molecule has 0 aliphatic heterocycles. The molecule has 0 spiro atoms. The lowest BCUT2D eigenvalue weighted by atomic mass is 10.1. The Bertz CT molecular complexity index is 270. The summed E-state index contributed by atoms with van der Waals surface area (Å²) in [6, 6.07) is 0. The molecule has 0 saturated heterocycles. The first-order chi connectivity index (χ1) is 5.80. The van der Waals surface area contributed by atoms with Gasteiger partial charge in [-0.25, -0.2) is 8.42 Å². The van der Waals surface area contributed by atoms with Gasteiger partial charge in [0.05, 0.1) is 6.61 Å². The van der Waals surface area contributed by atoms with Gasteiger partial charge in [-0.15, -0.1) is 0 Å². The van der Waals surface area contributed by atoms with E-state index in [-0.39, 0.29) is 12.5 Å². The van der Waals surface area contributed by atoms with Crippen LogP contribution in [-0.2, 0) is 18.6 Å². The Hall–Kier alpha value is -0.290. The van der Waals surface area contributed by atoms with Crippen molar-refractivity contribution in [2.24, 2.45) is 5.92 Å². The number of halogens is 1. The lowest BCUT2D eigenvalue weighted by molar-refractivity contribution is -0.143. The maximum atomic E-state index is 11.1. The van der Waals surface area contributed by atoms with Crippen LogP contribution in [-0.4, -0.2) is 26.2 Å². The zero-order valence-corrected chi connectivity index (χ0v) is 9.35. The van der Waals surface area contributed by atoms with Crippen LogP contribution < -0.4 is 0 Å². The number of ether oxygens (including phenoxy) is 1. The summed E-state index contributed by atoms with van der Waals surface area (Å²) in [5, 5.41) is -1.27. The Balaban J connectivity index is 4.74. The minimum Gasteiger partial charge on any atom is -0.465 e. The van der Waals surface area contributed by atoms with E-state index in [4.69, 9.17) is 10.7 Å². The van der Waals surface area contributed by atoms with Crippen LogP contribution in [0.3, 0.4) is 0 Å². The second kappa shape index (κ2) is 4.81. The lowest BCUT2D eigenvalue weighted by Crippen LogP contribution is -2.33. The van der Waals surface area contributed by atoms with Crippen molar-refractivity contribution >= 4 is 25.7 Å². The number of carbonyl (C=O) groups excluding carboxylic acids is 1. The molecule has 0 aromatic heterocycles. The van der Waals surface area contributed by atoms with Gasteiger partial charge in [0.15, 0.2) is 5.25 Å². The van der Waals surface area contributed by atoms with Crippen molar-refractivity contribution in [1.29, 1.82) is 0 Å². The van der Waals surface area contributed by atoms with Crippen molar-refractivity contribution < 1.29 is 17.9 Å². The molecular weight excluding hydrogens is 216 g/mol. The van der Waals surface area contributed by atoms with Crippen LogP contribution in [0.4, 0.5) is 0 Å². The summed E-state index contributed by atoms with van der Waals surface area (Å²) in [6.07, 6.45) is 0. The van der Waals surface area contributed by atoms with Crippen molar-refractivity contribution in [3.05, 3.63) is 0 Å². The number of hydrogen-bond donors (Lipinski definition) is 0. The van der Waals surface area contributed by atoms with Gasteiger partial charge < -0.3 is 4.74 Å². The van der Waals surface area contributed by atoms with Gasteiger partial charge in [-0.3, -0.25) is 4.79 Å². The van der Waals surface area contributed by atoms with Crippen LogP contribution in [0.2, 0.25) is 0 Å². The zero-order chi connectivity index (χ0) is 10.6. The molecule has 0 saturated carbocycles. The molecule has 0 aliphatic rings. The molecule has 0 amide bonds. The van der Waals surface area contributed by atoms with Crippen molar-refractivity contribution in [3.8, 4) is 0 Å². The highest BCUT2D eigenvalue weighted by atomic mass is 35.7. The number of carbonyl (C=O) groups is 1. The normalized spacial score (nSPS) is 14.2. The average molecular weight is 229 g/mol. The summed E-state index contributed by atoms with van der Waals surface area (Å²) in [5.41, 5.74) is 0. The molecule has 4 nitrogen and oxygen atoms in total. The topological polar surface area (TPSA) is 60.4 Å². The average Bonchev–Trinajstić information content (AvgIpc) is 1.82.